The first-order chi connectivity index (χ1) is 11.6. The van der Waals surface area contributed by atoms with Gasteiger partial charge in [-0.1, -0.05) is 23.7 Å². The second-order valence-electron chi connectivity index (χ2n) is 5.67. The molecule has 2 heterocycles. The van der Waals surface area contributed by atoms with Crippen LogP contribution in [0.25, 0.3) is 0 Å². The van der Waals surface area contributed by atoms with E-state index in [0.29, 0.717) is 28.7 Å². The third kappa shape index (κ3) is 4.13. The molecular weight excluding hydrogens is 346 g/mol. The molecule has 1 saturated heterocycles. The number of carbonyl (C=O) groups is 2. The highest BCUT2D eigenvalue weighted by molar-refractivity contribution is 7.11. The number of carbonyl (C=O) groups excluding carboxylic acids is 2. The van der Waals surface area contributed by atoms with Crippen LogP contribution in [-0.2, 0) is 6.42 Å². The van der Waals surface area contributed by atoms with Gasteiger partial charge in [0.25, 0.3) is 11.8 Å². The molecule has 1 aliphatic rings. The highest BCUT2D eigenvalue weighted by Gasteiger charge is 2.23. The summed E-state index contributed by atoms with van der Waals surface area (Å²) in [5, 5.41) is 5.55. The number of halogens is 1. The summed E-state index contributed by atoms with van der Waals surface area (Å²) in [6.07, 6.45) is 2.79. The Hall–Kier alpha value is -1.92. The number of nitrogens with one attached hydrogen (secondary N) is 1. The molecule has 0 bridgehead atoms. The fraction of sp³-hybridized carbons (Fsp3) is 0.353. The van der Waals surface area contributed by atoms with Crippen molar-refractivity contribution in [1.29, 1.82) is 0 Å². The van der Waals surface area contributed by atoms with Crippen molar-refractivity contribution in [3.63, 3.8) is 0 Å². The molecule has 1 fully saturated rings. The standard InChI is InChI=1S/C17H18ClN3O2S/c18-13-5-3-12(4-6-13)7-8-19-15(22)14-11-24-16(20-14)17(23)21-9-1-2-10-21/h3-6,11H,1-2,7-10H2,(H,19,22). The molecule has 24 heavy (non-hydrogen) atoms. The fourth-order valence-electron chi connectivity index (χ4n) is 2.59. The Labute approximate surface area is 149 Å². The highest BCUT2D eigenvalue weighted by atomic mass is 35.5. The van der Waals surface area contributed by atoms with E-state index in [4.69, 9.17) is 11.6 Å². The minimum Gasteiger partial charge on any atom is -0.350 e. The number of likely N-dealkylation sites (tertiary alicyclic amines) is 1. The van der Waals surface area contributed by atoms with Crippen LogP contribution in [0, 0.1) is 0 Å². The fourth-order valence-corrected chi connectivity index (χ4v) is 3.48. The van der Waals surface area contributed by atoms with Gasteiger partial charge in [-0.2, -0.15) is 0 Å². The van der Waals surface area contributed by atoms with Crippen LogP contribution in [0.15, 0.2) is 29.6 Å². The Morgan fingerprint density at radius 3 is 2.62 bits per heavy atom. The molecule has 1 N–H and O–H groups in total. The molecule has 126 valence electrons. The van der Waals surface area contributed by atoms with Gasteiger partial charge in [-0.05, 0) is 37.0 Å². The Kier molecular flexibility index (Phi) is 5.48. The molecule has 2 aromatic rings. The molecular formula is C17H18ClN3O2S. The van der Waals surface area contributed by atoms with E-state index in [2.05, 4.69) is 10.3 Å². The van der Waals surface area contributed by atoms with E-state index in [1.165, 1.54) is 11.3 Å². The maximum Gasteiger partial charge on any atom is 0.282 e. The van der Waals surface area contributed by atoms with E-state index in [0.717, 1.165) is 31.5 Å². The molecule has 1 aromatic carbocycles. The predicted octanol–water partition coefficient (Wildman–Crippen LogP) is 3.01. The van der Waals surface area contributed by atoms with Gasteiger partial charge in [0.1, 0.15) is 5.69 Å². The van der Waals surface area contributed by atoms with Crippen LogP contribution < -0.4 is 5.32 Å². The molecule has 1 aromatic heterocycles. The molecule has 0 radical (unpaired) electrons. The second-order valence-corrected chi connectivity index (χ2v) is 6.96. The van der Waals surface area contributed by atoms with Gasteiger partial charge in [-0.15, -0.1) is 11.3 Å². The van der Waals surface area contributed by atoms with Gasteiger partial charge in [0.2, 0.25) is 0 Å². The Morgan fingerprint density at radius 2 is 1.92 bits per heavy atom. The van der Waals surface area contributed by atoms with Crippen molar-refractivity contribution in [3.05, 3.63) is 50.9 Å². The monoisotopic (exact) mass is 363 g/mol. The zero-order valence-electron chi connectivity index (χ0n) is 13.1. The summed E-state index contributed by atoms with van der Waals surface area (Å²) in [5.41, 5.74) is 1.40. The Morgan fingerprint density at radius 1 is 1.21 bits per heavy atom. The van der Waals surface area contributed by atoms with Crippen molar-refractivity contribution >= 4 is 34.8 Å². The van der Waals surface area contributed by atoms with E-state index in [-0.39, 0.29) is 11.8 Å². The molecule has 3 rings (SSSR count). The molecule has 7 heteroatoms. The van der Waals surface area contributed by atoms with Crippen molar-refractivity contribution in [1.82, 2.24) is 15.2 Å². The summed E-state index contributed by atoms with van der Waals surface area (Å²) in [7, 11) is 0. The lowest BCUT2D eigenvalue weighted by atomic mass is 10.1. The van der Waals surface area contributed by atoms with Crippen molar-refractivity contribution in [2.75, 3.05) is 19.6 Å². The van der Waals surface area contributed by atoms with Gasteiger partial charge in [0.15, 0.2) is 5.01 Å². The van der Waals surface area contributed by atoms with Crippen LogP contribution in [0.5, 0.6) is 0 Å². The summed E-state index contributed by atoms with van der Waals surface area (Å²) in [5.74, 6) is -0.321. The van der Waals surface area contributed by atoms with Crippen LogP contribution >= 0.6 is 22.9 Å². The van der Waals surface area contributed by atoms with E-state index < -0.39 is 0 Å². The second kappa shape index (κ2) is 7.77. The summed E-state index contributed by atoms with van der Waals surface area (Å²) < 4.78 is 0. The first-order valence-corrected chi connectivity index (χ1v) is 9.17. The minimum atomic E-state index is -0.249. The molecule has 0 aliphatic carbocycles. The topological polar surface area (TPSA) is 62.3 Å². The SMILES string of the molecule is O=C(NCCc1ccc(Cl)cc1)c1csc(C(=O)N2CCCC2)n1. The van der Waals surface area contributed by atoms with Crippen LogP contribution in [0.1, 0.15) is 38.7 Å². The maximum atomic E-state index is 12.2. The van der Waals surface area contributed by atoms with Crippen molar-refractivity contribution < 1.29 is 9.59 Å². The lowest BCUT2D eigenvalue weighted by Gasteiger charge is -2.12. The van der Waals surface area contributed by atoms with Gasteiger partial charge in [-0.3, -0.25) is 9.59 Å². The molecule has 2 amide bonds. The van der Waals surface area contributed by atoms with E-state index in [9.17, 15) is 9.59 Å². The van der Waals surface area contributed by atoms with Crippen molar-refractivity contribution in [3.8, 4) is 0 Å². The van der Waals surface area contributed by atoms with Gasteiger partial charge in [0, 0.05) is 30.0 Å². The van der Waals surface area contributed by atoms with Crippen LogP contribution in [-0.4, -0.2) is 41.3 Å². The summed E-state index contributed by atoms with van der Waals surface area (Å²) >= 11 is 7.07. The summed E-state index contributed by atoms with van der Waals surface area (Å²) in [4.78, 5) is 30.4. The number of rotatable bonds is 5. The number of benzene rings is 1. The number of hydrogen-bond donors (Lipinski definition) is 1. The quantitative estimate of drug-likeness (QED) is 0.888. The summed E-state index contributed by atoms with van der Waals surface area (Å²) in [6, 6.07) is 7.53. The predicted molar refractivity (Wildman–Crippen MR) is 94.7 cm³/mol. The molecule has 0 atom stereocenters. The van der Waals surface area contributed by atoms with E-state index in [1.54, 1.807) is 10.3 Å². The molecule has 0 unspecified atom stereocenters. The number of amides is 2. The van der Waals surface area contributed by atoms with Gasteiger partial charge in [-0.25, -0.2) is 4.98 Å². The Balaban J connectivity index is 1.52. The smallest absolute Gasteiger partial charge is 0.282 e. The number of aromatic nitrogens is 1. The first-order valence-electron chi connectivity index (χ1n) is 7.91. The number of hydrogen-bond acceptors (Lipinski definition) is 4. The van der Waals surface area contributed by atoms with Crippen LogP contribution in [0.4, 0.5) is 0 Å². The minimum absolute atomic E-state index is 0.0716. The largest absolute Gasteiger partial charge is 0.350 e. The number of thiazole rings is 1. The zero-order chi connectivity index (χ0) is 16.9. The van der Waals surface area contributed by atoms with Gasteiger partial charge in [0.05, 0.1) is 0 Å². The highest BCUT2D eigenvalue weighted by Crippen LogP contribution is 2.16. The van der Waals surface area contributed by atoms with E-state index >= 15 is 0 Å². The third-order valence-electron chi connectivity index (χ3n) is 3.93. The van der Waals surface area contributed by atoms with Crippen molar-refractivity contribution in [2.45, 2.75) is 19.3 Å². The van der Waals surface area contributed by atoms with Crippen molar-refractivity contribution in [2.24, 2.45) is 0 Å². The normalized spacial score (nSPS) is 14.0. The molecule has 0 spiro atoms. The van der Waals surface area contributed by atoms with Gasteiger partial charge < -0.3 is 10.2 Å². The average molecular weight is 364 g/mol. The lowest BCUT2D eigenvalue weighted by Crippen LogP contribution is -2.28. The summed E-state index contributed by atoms with van der Waals surface area (Å²) in [6.45, 7) is 2.06. The van der Waals surface area contributed by atoms with Crippen LogP contribution in [0.2, 0.25) is 5.02 Å². The maximum absolute atomic E-state index is 12.2. The van der Waals surface area contributed by atoms with Crippen LogP contribution in [0.3, 0.4) is 0 Å². The molecule has 1 aliphatic heterocycles. The third-order valence-corrected chi connectivity index (χ3v) is 5.01. The molecule has 5 nitrogen and oxygen atoms in total. The first kappa shape index (κ1) is 16.9. The number of nitrogens with zero attached hydrogens (tertiary/aromatic N) is 2. The lowest BCUT2D eigenvalue weighted by molar-refractivity contribution is 0.0792. The van der Waals surface area contributed by atoms with E-state index in [1.807, 2.05) is 24.3 Å². The zero-order valence-corrected chi connectivity index (χ0v) is 14.7. The van der Waals surface area contributed by atoms with Gasteiger partial charge >= 0.3 is 0 Å². The molecule has 0 saturated carbocycles. The Bertz CT molecular complexity index is 724. The average Bonchev–Trinajstić information content (AvgIpc) is 3.28.